The summed E-state index contributed by atoms with van der Waals surface area (Å²) >= 11 is 0. The summed E-state index contributed by atoms with van der Waals surface area (Å²) < 4.78 is 24.4. The van der Waals surface area contributed by atoms with Crippen LogP contribution in [-0.4, -0.2) is 45.6 Å². The van der Waals surface area contributed by atoms with Crippen LogP contribution in [0.25, 0.3) is 11.4 Å². The number of ether oxygens (including phenoxy) is 2. The fourth-order valence-electron chi connectivity index (χ4n) is 5.25. The van der Waals surface area contributed by atoms with Crippen molar-refractivity contribution in [3.8, 4) is 17.1 Å². The van der Waals surface area contributed by atoms with Crippen molar-refractivity contribution in [1.29, 1.82) is 0 Å². The summed E-state index contributed by atoms with van der Waals surface area (Å²) in [4.78, 5) is 25.4. The maximum Gasteiger partial charge on any atom is 0.417 e. The van der Waals surface area contributed by atoms with E-state index in [0.717, 1.165) is 34.8 Å². The van der Waals surface area contributed by atoms with Crippen molar-refractivity contribution in [3.63, 3.8) is 0 Å². The van der Waals surface area contributed by atoms with Gasteiger partial charge in [-0.05, 0) is 75.2 Å². The van der Waals surface area contributed by atoms with Gasteiger partial charge in [0.2, 0.25) is 0 Å². The summed E-state index contributed by atoms with van der Waals surface area (Å²) in [6.07, 6.45) is 1.02. The van der Waals surface area contributed by atoms with E-state index >= 15 is 0 Å². The Balaban J connectivity index is 1.32. The second-order valence-corrected chi connectivity index (χ2v) is 12.3. The van der Waals surface area contributed by atoms with Gasteiger partial charge < -0.3 is 14.4 Å². The molecule has 2 heterocycles. The molecule has 2 fully saturated rings. The smallest absolute Gasteiger partial charge is 0.410 e. The van der Waals surface area contributed by atoms with Crippen LogP contribution in [0.5, 0.6) is 5.75 Å². The van der Waals surface area contributed by atoms with E-state index in [4.69, 9.17) is 19.4 Å². The lowest BCUT2D eigenvalue weighted by molar-refractivity contribution is 0.0752. The number of hydrogen-bond acceptors (Lipinski definition) is 7. The highest BCUT2D eigenvalue weighted by molar-refractivity contribution is 7.86. The summed E-state index contributed by atoms with van der Waals surface area (Å²) in [6, 6.07) is 28.1. The number of para-hydroxylation sites is 1. The summed E-state index contributed by atoms with van der Waals surface area (Å²) in [5.41, 5.74) is 2.18. The zero-order valence-corrected chi connectivity index (χ0v) is 23.8. The van der Waals surface area contributed by atoms with Gasteiger partial charge in [-0.2, -0.15) is 0 Å². The van der Waals surface area contributed by atoms with Gasteiger partial charge in [-0.1, -0.05) is 36.4 Å². The number of nitrogens with one attached hydrogen (secondary N) is 1. The zero-order chi connectivity index (χ0) is 28.4. The molecule has 4 aromatic rings. The number of carbonyl (C=O) groups is 1. The predicted octanol–water partition coefficient (Wildman–Crippen LogP) is 6.17. The fourth-order valence-corrected chi connectivity index (χ4v) is 6.87. The summed E-state index contributed by atoms with van der Waals surface area (Å²) in [7, 11) is -1.25. The standard InChI is InChI=1S/C32H32N4O4S/c1-22-20-39-21-23(2)36(22)29-19-28(32(17-18-32)41(38)27-11-7-4-8-12-27)34-30(35-29)24-13-15-25(16-14-24)33-31(37)40-26-9-5-3-6-10-26/h3-16,19,22-23H,17-18,20-21H2,1-2H3,(H,33,37)/t22-,23-,41?/m0/s1. The number of nitrogens with zero attached hydrogens (tertiary/aromatic N) is 3. The third kappa shape index (κ3) is 5.73. The first kappa shape index (κ1) is 27.1. The number of anilines is 2. The molecule has 1 N–H and O–H groups in total. The quantitative estimate of drug-likeness (QED) is 0.285. The van der Waals surface area contributed by atoms with Gasteiger partial charge in [0.1, 0.15) is 11.6 Å². The molecule has 210 valence electrons. The van der Waals surface area contributed by atoms with Crippen LogP contribution in [0.1, 0.15) is 32.4 Å². The normalized spacial score (nSPS) is 20.2. The van der Waals surface area contributed by atoms with Gasteiger partial charge in [-0.25, -0.2) is 14.8 Å². The van der Waals surface area contributed by atoms with Crippen molar-refractivity contribution in [3.05, 3.63) is 96.7 Å². The number of benzene rings is 3. The Labute approximate surface area is 242 Å². The molecule has 0 bridgehead atoms. The maximum absolute atomic E-state index is 13.8. The van der Waals surface area contributed by atoms with Gasteiger partial charge in [0.25, 0.3) is 0 Å². The largest absolute Gasteiger partial charge is 0.417 e. The minimum atomic E-state index is -1.25. The topological polar surface area (TPSA) is 93.7 Å². The Kier molecular flexibility index (Phi) is 7.55. The Bertz CT molecular complexity index is 1540. The highest BCUT2D eigenvalue weighted by atomic mass is 32.2. The predicted molar refractivity (Wildman–Crippen MR) is 160 cm³/mol. The Hall–Kier alpha value is -4.08. The minimum Gasteiger partial charge on any atom is -0.410 e. The molecular weight excluding hydrogens is 536 g/mol. The van der Waals surface area contributed by atoms with E-state index in [1.54, 1.807) is 36.4 Å². The van der Waals surface area contributed by atoms with E-state index in [2.05, 4.69) is 24.1 Å². The SMILES string of the molecule is C[C@H]1COC[C@H](C)N1c1cc(C2(S(=O)c3ccccc3)CC2)nc(-c2ccc(NC(=O)Oc3ccccc3)cc2)n1. The van der Waals surface area contributed by atoms with E-state index < -0.39 is 21.6 Å². The van der Waals surface area contributed by atoms with Crippen LogP contribution in [0.15, 0.2) is 95.9 Å². The minimum absolute atomic E-state index is 0.131. The molecule has 2 aliphatic rings. The van der Waals surface area contributed by atoms with Crippen molar-refractivity contribution >= 4 is 28.4 Å². The van der Waals surface area contributed by atoms with Crippen LogP contribution < -0.4 is 15.0 Å². The molecule has 1 saturated heterocycles. The lowest BCUT2D eigenvalue weighted by Crippen LogP contribution is -2.50. The molecule has 0 radical (unpaired) electrons. The van der Waals surface area contributed by atoms with Crippen molar-refractivity contribution in [1.82, 2.24) is 9.97 Å². The van der Waals surface area contributed by atoms with E-state index in [9.17, 15) is 9.00 Å². The second-order valence-electron chi connectivity index (χ2n) is 10.6. The van der Waals surface area contributed by atoms with Crippen LogP contribution in [0.3, 0.4) is 0 Å². The van der Waals surface area contributed by atoms with Gasteiger partial charge in [-0.3, -0.25) is 9.53 Å². The second kappa shape index (κ2) is 11.4. The van der Waals surface area contributed by atoms with Crippen molar-refractivity contribution in [2.45, 2.75) is 48.4 Å². The van der Waals surface area contributed by atoms with Gasteiger partial charge in [0, 0.05) is 22.2 Å². The molecular formula is C32H32N4O4S. The van der Waals surface area contributed by atoms with Gasteiger partial charge >= 0.3 is 6.09 Å². The third-order valence-electron chi connectivity index (χ3n) is 7.47. The highest BCUT2D eigenvalue weighted by Crippen LogP contribution is 2.53. The van der Waals surface area contributed by atoms with E-state index in [1.807, 2.05) is 54.6 Å². The molecule has 9 heteroatoms. The summed E-state index contributed by atoms with van der Waals surface area (Å²) in [5.74, 6) is 1.82. The number of rotatable bonds is 7. The average molecular weight is 569 g/mol. The van der Waals surface area contributed by atoms with Crippen molar-refractivity contribution in [2.75, 3.05) is 23.4 Å². The van der Waals surface area contributed by atoms with E-state index in [0.29, 0.717) is 30.5 Å². The van der Waals surface area contributed by atoms with Crippen LogP contribution >= 0.6 is 0 Å². The monoisotopic (exact) mass is 568 g/mol. The average Bonchev–Trinajstić information content (AvgIpc) is 3.80. The number of carbonyl (C=O) groups excluding carboxylic acids is 1. The first-order valence-corrected chi connectivity index (χ1v) is 14.9. The number of morpholine rings is 1. The van der Waals surface area contributed by atoms with Gasteiger partial charge in [0.05, 0.1) is 46.5 Å². The Morgan fingerprint density at radius 2 is 1.56 bits per heavy atom. The van der Waals surface area contributed by atoms with Crippen LogP contribution in [0.4, 0.5) is 16.3 Å². The number of aromatic nitrogens is 2. The molecule has 3 aromatic carbocycles. The van der Waals surface area contributed by atoms with E-state index in [1.165, 1.54) is 0 Å². The molecule has 6 rings (SSSR count). The maximum atomic E-state index is 13.8. The fraction of sp³-hybridized carbons (Fsp3) is 0.281. The molecule has 1 aliphatic heterocycles. The molecule has 1 aliphatic carbocycles. The molecule has 3 atom stereocenters. The highest BCUT2D eigenvalue weighted by Gasteiger charge is 2.52. The molecule has 1 amide bonds. The molecule has 0 spiro atoms. The van der Waals surface area contributed by atoms with Crippen LogP contribution in [-0.2, 0) is 20.3 Å². The molecule has 41 heavy (non-hydrogen) atoms. The van der Waals surface area contributed by atoms with Crippen molar-refractivity contribution in [2.24, 2.45) is 0 Å². The molecule has 1 aromatic heterocycles. The van der Waals surface area contributed by atoms with Crippen molar-refractivity contribution < 1.29 is 18.5 Å². The number of amides is 1. The van der Waals surface area contributed by atoms with Gasteiger partial charge in [0.15, 0.2) is 5.82 Å². The third-order valence-corrected chi connectivity index (χ3v) is 9.50. The first-order valence-electron chi connectivity index (χ1n) is 13.8. The number of hydrogen-bond donors (Lipinski definition) is 1. The zero-order valence-electron chi connectivity index (χ0n) is 23.0. The first-order chi connectivity index (χ1) is 19.9. The molecule has 1 unspecified atom stereocenters. The lowest BCUT2D eigenvalue weighted by Gasteiger charge is -2.40. The summed E-state index contributed by atoms with van der Waals surface area (Å²) in [6.45, 7) is 5.47. The van der Waals surface area contributed by atoms with Crippen LogP contribution in [0.2, 0.25) is 0 Å². The van der Waals surface area contributed by atoms with Gasteiger partial charge in [-0.15, -0.1) is 0 Å². The van der Waals surface area contributed by atoms with Crippen LogP contribution in [0, 0.1) is 0 Å². The Morgan fingerprint density at radius 1 is 0.927 bits per heavy atom. The lowest BCUT2D eigenvalue weighted by atomic mass is 10.1. The summed E-state index contributed by atoms with van der Waals surface area (Å²) in [5, 5.41) is 2.76. The molecule has 8 nitrogen and oxygen atoms in total. The van der Waals surface area contributed by atoms with E-state index in [-0.39, 0.29) is 12.1 Å². The molecule has 1 saturated carbocycles. The Morgan fingerprint density at radius 3 is 2.20 bits per heavy atom.